The van der Waals surface area contributed by atoms with E-state index in [1.54, 1.807) is 24.3 Å². The summed E-state index contributed by atoms with van der Waals surface area (Å²) in [5, 5.41) is 0. The molecule has 0 N–H and O–H groups in total. The van der Waals surface area contributed by atoms with Crippen molar-refractivity contribution < 1.29 is 19.1 Å². The lowest BCUT2D eigenvalue weighted by Crippen LogP contribution is -2.55. The molecule has 2 fully saturated rings. The minimum atomic E-state index is -0.690. The van der Waals surface area contributed by atoms with Crippen LogP contribution in [0.1, 0.15) is 37.3 Å². The minimum absolute atomic E-state index is 0.0206. The summed E-state index contributed by atoms with van der Waals surface area (Å²) in [5.41, 5.74) is 1.73. The molecule has 0 bridgehead atoms. The second-order valence-corrected chi connectivity index (χ2v) is 10.1. The normalized spacial score (nSPS) is 20.2. The summed E-state index contributed by atoms with van der Waals surface area (Å²) < 4.78 is 10.9. The van der Waals surface area contributed by atoms with Crippen molar-refractivity contribution in [3.63, 3.8) is 0 Å². The zero-order valence-corrected chi connectivity index (χ0v) is 20.6. The van der Waals surface area contributed by atoms with Crippen LogP contribution in [0, 0.1) is 5.92 Å². The standard InChI is InChI=1S/C27H34N4O4/c1-20(16-22-5-6-23-24(17-22)35-19-34-23)18-30-14-9-27(10-15-30)25(32)31(26(33)29(27)2)13-3-4-21-7-11-28-12-8-21/h5-8,11-12,17,20H,3-4,9-10,13-16,18-19H2,1-2H3/t20-/m1/s1. The van der Waals surface area contributed by atoms with E-state index in [1.807, 2.05) is 18.2 Å². The fraction of sp³-hybridized carbons (Fsp3) is 0.519. The topological polar surface area (TPSA) is 75.2 Å². The number of amides is 3. The fourth-order valence-corrected chi connectivity index (χ4v) is 5.66. The molecule has 5 rings (SSSR count). The molecule has 0 aliphatic carbocycles. The van der Waals surface area contributed by atoms with Crippen molar-refractivity contribution in [1.82, 2.24) is 19.7 Å². The molecule has 3 aliphatic heterocycles. The van der Waals surface area contributed by atoms with Crippen molar-refractivity contribution in [2.24, 2.45) is 5.92 Å². The highest BCUT2D eigenvalue weighted by atomic mass is 16.7. The fourth-order valence-electron chi connectivity index (χ4n) is 5.66. The number of fused-ring (bicyclic) bond motifs is 1. The molecule has 35 heavy (non-hydrogen) atoms. The van der Waals surface area contributed by atoms with E-state index < -0.39 is 5.54 Å². The highest BCUT2D eigenvalue weighted by Crippen LogP contribution is 2.37. The molecule has 8 heteroatoms. The first-order valence-electron chi connectivity index (χ1n) is 12.6. The quantitative estimate of drug-likeness (QED) is 0.542. The van der Waals surface area contributed by atoms with Crippen LogP contribution in [0.25, 0.3) is 0 Å². The summed E-state index contributed by atoms with van der Waals surface area (Å²) in [5.74, 6) is 2.09. The van der Waals surface area contributed by atoms with Crippen LogP contribution in [0.5, 0.6) is 11.5 Å². The van der Waals surface area contributed by atoms with E-state index in [2.05, 4.69) is 28.9 Å². The van der Waals surface area contributed by atoms with E-state index in [-0.39, 0.29) is 11.9 Å². The molecule has 2 saturated heterocycles. The van der Waals surface area contributed by atoms with Crippen LogP contribution in [0.4, 0.5) is 4.79 Å². The first kappa shape index (κ1) is 23.6. The SMILES string of the molecule is C[C@H](Cc1ccc2c(c1)OCO2)CN1CCC2(CC1)C(=O)N(CCCc1ccncc1)C(=O)N2C. The monoisotopic (exact) mass is 478 g/mol. The summed E-state index contributed by atoms with van der Waals surface area (Å²) >= 11 is 0. The number of aromatic nitrogens is 1. The number of benzene rings is 1. The number of carbonyl (C=O) groups is 2. The van der Waals surface area contributed by atoms with Gasteiger partial charge in [0.25, 0.3) is 5.91 Å². The maximum Gasteiger partial charge on any atom is 0.327 e. The number of hydrogen-bond acceptors (Lipinski definition) is 6. The van der Waals surface area contributed by atoms with Crippen LogP contribution < -0.4 is 9.47 Å². The predicted octanol–water partition coefficient (Wildman–Crippen LogP) is 3.35. The van der Waals surface area contributed by atoms with E-state index in [0.717, 1.165) is 50.4 Å². The second kappa shape index (κ2) is 9.85. The maximum atomic E-state index is 13.4. The number of carbonyl (C=O) groups excluding carboxylic acids is 2. The zero-order valence-electron chi connectivity index (χ0n) is 20.6. The Kier molecular flexibility index (Phi) is 6.65. The number of aryl methyl sites for hydroxylation is 1. The van der Waals surface area contributed by atoms with Gasteiger partial charge in [0.1, 0.15) is 5.54 Å². The van der Waals surface area contributed by atoms with E-state index in [1.165, 1.54) is 16.0 Å². The molecule has 8 nitrogen and oxygen atoms in total. The Morgan fingerprint density at radius 1 is 1.03 bits per heavy atom. The average molecular weight is 479 g/mol. The molecule has 1 aromatic carbocycles. The van der Waals surface area contributed by atoms with Gasteiger partial charge in [-0.1, -0.05) is 13.0 Å². The molecule has 0 saturated carbocycles. The molecular weight excluding hydrogens is 444 g/mol. The second-order valence-electron chi connectivity index (χ2n) is 10.1. The smallest absolute Gasteiger partial charge is 0.327 e. The number of imide groups is 1. The van der Waals surface area contributed by atoms with Crippen LogP contribution in [-0.2, 0) is 17.6 Å². The first-order valence-corrected chi connectivity index (χ1v) is 12.6. The van der Waals surface area contributed by atoms with Crippen LogP contribution >= 0.6 is 0 Å². The zero-order chi connectivity index (χ0) is 24.4. The molecule has 4 heterocycles. The van der Waals surface area contributed by atoms with Crippen molar-refractivity contribution >= 4 is 11.9 Å². The highest BCUT2D eigenvalue weighted by molar-refractivity contribution is 6.07. The molecule has 0 radical (unpaired) electrons. The lowest BCUT2D eigenvalue weighted by atomic mass is 9.85. The Morgan fingerprint density at radius 3 is 2.54 bits per heavy atom. The van der Waals surface area contributed by atoms with Crippen molar-refractivity contribution in [2.75, 3.05) is 40.0 Å². The van der Waals surface area contributed by atoms with Crippen molar-refractivity contribution in [2.45, 2.75) is 44.6 Å². The molecule has 186 valence electrons. The molecule has 0 unspecified atom stereocenters. The van der Waals surface area contributed by atoms with E-state index in [9.17, 15) is 9.59 Å². The summed E-state index contributed by atoms with van der Waals surface area (Å²) in [6.45, 7) is 5.62. The Bertz CT molecular complexity index is 1070. The van der Waals surface area contributed by atoms with Gasteiger partial charge in [0.15, 0.2) is 11.5 Å². The number of piperidine rings is 1. The van der Waals surface area contributed by atoms with E-state index in [4.69, 9.17) is 9.47 Å². The number of rotatable bonds is 8. The van der Waals surface area contributed by atoms with Crippen molar-refractivity contribution in [1.29, 1.82) is 0 Å². The Balaban J connectivity index is 1.13. The van der Waals surface area contributed by atoms with Gasteiger partial charge in [-0.3, -0.25) is 14.7 Å². The number of pyridine rings is 1. The van der Waals surface area contributed by atoms with Gasteiger partial charge in [-0.2, -0.15) is 0 Å². The predicted molar refractivity (Wildman–Crippen MR) is 131 cm³/mol. The third-order valence-electron chi connectivity index (χ3n) is 7.67. The molecule has 3 amide bonds. The molecular formula is C27H34N4O4. The lowest BCUT2D eigenvalue weighted by Gasteiger charge is -2.41. The summed E-state index contributed by atoms with van der Waals surface area (Å²) in [7, 11) is 1.79. The van der Waals surface area contributed by atoms with Gasteiger partial charge in [0.2, 0.25) is 6.79 Å². The molecule has 3 aliphatic rings. The number of urea groups is 1. The number of ether oxygens (including phenoxy) is 2. The van der Waals surface area contributed by atoms with Gasteiger partial charge >= 0.3 is 6.03 Å². The van der Waals surface area contributed by atoms with E-state index >= 15 is 0 Å². The maximum absolute atomic E-state index is 13.4. The van der Waals surface area contributed by atoms with Crippen molar-refractivity contribution in [3.05, 3.63) is 53.9 Å². The number of likely N-dealkylation sites (tertiary alicyclic amines) is 1. The third kappa shape index (κ3) is 4.72. The van der Waals surface area contributed by atoms with Gasteiger partial charge in [-0.15, -0.1) is 0 Å². The van der Waals surface area contributed by atoms with Gasteiger partial charge in [0, 0.05) is 45.6 Å². The van der Waals surface area contributed by atoms with E-state index in [0.29, 0.717) is 32.1 Å². The largest absolute Gasteiger partial charge is 0.454 e. The lowest BCUT2D eigenvalue weighted by molar-refractivity contribution is -0.135. The van der Waals surface area contributed by atoms with Gasteiger partial charge < -0.3 is 19.3 Å². The van der Waals surface area contributed by atoms with Crippen molar-refractivity contribution in [3.8, 4) is 11.5 Å². The van der Waals surface area contributed by atoms with Gasteiger partial charge in [-0.05, 0) is 73.4 Å². The summed E-state index contributed by atoms with van der Waals surface area (Å²) in [6.07, 6.45) is 7.46. The molecule has 1 aromatic heterocycles. The first-order chi connectivity index (χ1) is 17.0. The van der Waals surface area contributed by atoms with Gasteiger partial charge in [-0.25, -0.2) is 4.79 Å². The number of hydrogen-bond donors (Lipinski definition) is 0. The Labute approximate surface area is 206 Å². The van der Waals surface area contributed by atoms with Crippen LogP contribution in [0.2, 0.25) is 0 Å². The molecule has 2 aromatic rings. The van der Waals surface area contributed by atoms with Crippen LogP contribution in [-0.4, -0.2) is 77.2 Å². The molecule has 1 spiro atoms. The number of nitrogens with zero attached hydrogens (tertiary/aromatic N) is 4. The van der Waals surface area contributed by atoms with Gasteiger partial charge in [0.05, 0.1) is 0 Å². The summed E-state index contributed by atoms with van der Waals surface area (Å²) in [6, 6.07) is 9.96. The average Bonchev–Trinajstić information content (AvgIpc) is 3.40. The highest BCUT2D eigenvalue weighted by Gasteiger charge is 2.56. The van der Waals surface area contributed by atoms with Crippen LogP contribution in [0.15, 0.2) is 42.7 Å². The minimum Gasteiger partial charge on any atom is -0.454 e. The van der Waals surface area contributed by atoms with Crippen LogP contribution in [0.3, 0.4) is 0 Å². The summed E-state index contributed by atoms with van der Waals surface area (Å²) in [4.78, 5) is 36.0. The number of likely N-dealkylation sites (N-methyl/N-ethyl adjacent to an activating group) is 1. The third-order valence-corrected chi connectivity index (χ3v) is 7.67. The Hall–Kier alpha value is -3.13. The molecule has 1 atom stereocenters. The Morgan fingerprint density at radius 2 is 1.77 bits per heavy atom.